The molecule has 1 atom stereocenters. The Morgan fingerprint density at radius 1 is 1.37 bits per heavy atom. The van der Waals surface area contributed by atoms with Gasteiger partial charge in [-0.25, -0.2) is 13.6 Å². The average molecular weight is 287 g/mol. The van der Waals surface area contributed by atoms with E-state index in [2.05, 4.69) is 0 Å². The molecular weight excluding hydrogens is 266 g/mol. The molecule has 4 N–H and O–H groups in total. The van der Waals surface area contributed by atoms with E-state index < -0.39 is 10.0 Å². The van der Waals surface area contributed by atoms with Gasteiger partial charge in [0.1, 0.15) is 0 Å². The molecule has 0 heterocycles. The molecule has 108 valence electrons. The molecule has 1 aromatic carbocycles. The van der Waals surface area contributed by atoms with Gasteiger partial charge in [0.05, 0.1) is 11.5 Å². The lowest BCUT2D eigenvalue weighted by molar-refractivity contribution is 0.182. The number of anilines is 2. The van der Waals surface area contributed by atoms with Gasteiger partial charge in [-0.05, 0) is 32.0 Å². The van der Waals surface area contributed by atoms with E-state index in [9.17, 15) is 8.42 Å². The molecule has 0 aliphatic heterocycles. The number of sulfonamides is 1. The zero-order chi connectivity index (χ0) is 14.6. The standard InChI is InChI=1S/C12H21N3O3S/c1-4-15(9(2)8-18-3)11-5-10(13)6-12(7-11)19(14,16)17/h5-7,9H,4,8,13H2,1-3H3,(H2,14,16,17). The number of methoxy groups -OCH3 is 1. The maximum absolute atomic E-state index is 11.4. The highest BCUT2D eigenvalue weighted by atomic mass is 32.2. The Balaban J connectivity index is 3.21. The smallest absolute Gasteiger partial charge is 0.238 e. The Morgan fingerprint density at radius 3 is 2.47 bits per heavy atom. The number of hydrogen-bond acceptors (Lipinski definition) is 5. The predicted octanol–water partition coefficient (Wildman–Crippen LogP) is 0.777. The van der Waals surface area contributed by atoms with Gasteiger partial charge in [0, 0.05) is 31.1 Å². The monoisotopic (exact) mass is 287 g/mol. The summed E-state index contributed by atoms with van der Waals surface area (Å²) in [5, 5.41) is 5.14. The molecule has 19 heavy (non-hydrogen) atoms. The second-order valence-corrected chi connectivity index (χ2v) is 5.96. The molecule has 1 rings (SSSR count). The van der Waals surface area contributed by atoms with Crippen molar-refractivity contribution in [2.45, 2.75) is 24.8 Å². The van der Waals surface area contributed by atoms with Gasteiger partial charge < -0.3 is 15.4 Å². The third-order valence-electron chi connectivity index (χ3n) is 2.85. The summed E-state index contributed by atoms with van der Waals surface area (Å²) in [6.07, 6.45) is 0. The number of ether oxygens (including phenoxy) is 1. The average Bonchev–Trinajstić information content (AvgIpc) is 2.28. The number of nitrogens with zero attached hydrogens (tertiary/aromatic N) is 1. The van der Waals surface area contributed by atoms with Gasteiger partial charge in [-0.15, -0.1) is 0 Å². The number of primary sulfonamides is 1. The zero-order valence-electron chi connectivity index (χ0n) is 11.5. The second kappa shape index (κ2) is 6.23. The number of nitrogen functional groups attached to an aromatic ring is 1. The number of hydrogen-bond donors (Lipinski definition) is 2. The Hall–Kier alpha value is -1.31. The minimum Gasteiger partial charge on any atom is -0.399 e. The van der Waals surface area contributed by atoms with Crippen molar-refractivity contribution in [2.75, 3.05) is 30.9 Å². The summed E-state index contributed by atoms with van der Waals surface area (Å²) >= 11 is 0. The molecule has 0 saturated carbocycles. The van der Waals surface area contributed by atoms with E-state index >= 15 is 0 Å². The van der Waals surface area contributed by atoms with Crippen LogP contribution in [-0.2, 0) is 14.8 Å². The summed E-state index contributed by atoms with van der Waals surface area (Å²) in [5.74, 6) is 0. The number of rotatable bonds is 6. The van der Waals surface area contributed by atoms with Crippen molar-refractivity contribution in [3.8, 4) is 0 Å². The van der Waals surface area contributed by atoms with E-state index in [-0.39, 0.29) is 10.9 Å². The highest BCUT2D eigenvalue weighted by molar-refractivity contribution is 7.89. The molecule has 6 nitrogen and oxygen atoms in total. The second-order valence-electron chi connectivity index (χ2n) is 4.40. The quantitative estimate of drug-likeness (QED) is 0.753. The van der Waals surface area contributed by atoms with Crippen LogP contribution in [0.1, 0.15) is 13.8 Å². The van der Waals surface area contributed by atoms with Gasteiger partial charge in [0.15, 0.2) is 0 Å². The SMILES string of the molecule is CCN(c1cc(N)cc(S(N)(=O)=O)c1)C(C)COC. The summed E-state index contributed by atoms with van der Waals surface area (Å²) in [6, 6.07) is 4.71. The van der Waals surface area contributed by atoms with Crippen LogP contribution >= 0.6 is 0 Å². The molecular formula is C12H21N3O3S. The summed E-state index contributed by atoms with van der Waals surface area (Å²) in [7, 11) is -2.14. The van der Waals surface area contributed by atoms with Crippen LogP contribution in [0.5, 0.6) is 0 Å². The summed E-state index contributed by atoms with van der Waals surface area (Å²) in [6.45, 7) is 5.21. The van der Waals surface area contributed by atoms with Crippen LogP contribution in [0.3, 0.4) is 0 Å². The molecule has 0 bridgehead atoms. The van der Waals surface area contributed by atoms with Crippen molar-refractivity contribution >= 4 is 21.4 Å². The van der Waals surface area contributed by atoms with Crippen molar-refractivity contribution in [3.63, 3.8) is 0 Å². The number of nitrogens with two attached hydrogens (primary N) is 2. The highest BCUT2D eigenvalue weighted by Gasteiger charge is 2.16. The van der Waals surface area contributed by atoms with Gasteiger partial charge in [-0.2, -0.15) is 0 Å². The molecule has 0 radical (unpaired) electrons. The predicted molar refractivity (Wildman–Crippen MR) is 76.6 cm³/mol. The topological polar surface area (TPSA) is 98.6 Å². The van der Waals surface area contributed by atoms with Crippen LogP contribution < -0.4 is 15.8 Å². The fraction of sp³-hybridized carbons (Fsp3) is 0.500. The van der Waals surface area contributed by atoms with Crippen molar-refractivity contribution in [2.24, 2.45) is 5.14 Å². The first-order chi connectivity index (χ1) is 8.79. The van der Waals surface area contributed by atoms with Crippen LogP contribution in [0, 0.1) is 0 Å². The van der Waals surface area contributed by atoms with Gasteiger partial charge in [0.2, 0.25) is 10.0 Å². The first-order valence-corrected chi connectivity index (χ1v) is 7.53. The molecule has 7 heteroatoms. The molecule has 0 spiro atoms. The lowest BCUT2D eigenvalue weighted by atomic mass is 10.2. The molecule has 0 fully saturated rings. The maximum Gasteiger partial charge on any atom is 0.238 e. The zero-order valence-corrected chi connectivity index (χ0v) is 12.3. The normalized spacial score (nSPS) is 13.3. The minimum absolute atomic E-state index is 0.0190. The molecule has 1 aromatic rings. The Morgan fingerprint density at radius 2 is 2.00 bits per heavy atom. The number of benzene rings is 1. The fourth-order valence-electron chi connectivity index (χ4n) is 2.02. The molecule has 0 amide bonds. The van der Waals surface area contributed by atoms with Gasteiger partial charge in [-0.1, -0.05) is 0 Å². The van der Waals surface area contributed by atoms with Crippen molar-refractivity contribution in [3.05, 3.63) is 18.2 Å². The Kier molecular flexibility index (Phi) is 5.16. The van der Waals surface area contributed by atoms with Gasteiger partial charge in [-0.3, -0.25) is 0 Å². The lowest BCUT2D eigenvalue weighted by Gasteiger charge is -2.30. The van der Waals surface area contributed by atoms with E-state index in [4.69, 9.17) is 15.6 Å². The van der Waals surface area contributed by atoms with Crippen LogP contribution in [-0.4, -0.2) is 34.7 Å². The van der Waals surface area contributed by atoms with E-state index in [1.54, 1.807) is 13.2 Å². The third-order valence-corrected chi connectivity index (χ3v) is 3.75. The molecule has 0 aliphatic rings. The molecule has 1 unspecified atom stereocenters. The van der Waals surface area contributed by atoms with Crippen LogP contribution in [0.15, 0.2) is 23.1 Å². The van der Waals surface area contributed by atoms with Crippen LogP contribution in [0.4, 0.5) is 11.4 Å². The van der Waals surface area contributed by atoms with Crippen LogP contribution in [0.25, 0.3) is 0 Å². The van der Waals surface area contributed by atoms with Crippen LogP contribution in [0.2, 0.25) is 0 Å². The first-order valence-electron chi connectivity index (χ1n) is 5.98. The largest absolute Gasteiger partial charge is 0.399 e. The first kappa shape index (κ1) is 15.7. The molecule has 0 saturated heterocycles. The molecule has 0 aromatic heterocycles. The van der Waals surface area contributed by atoms with Crippen molar-refractivity contribution < 1.29 is 13.2 Å². The highest BCUT2D eigenvalue weighted by Crippen LogP contribution is 2.24. The minimum atomic E-state index is -3.77. The summed E-state index contributed by atoms with van der Waals surface area (Å²) in [4.78, 5) is 2.03. The van der Waals surface area contributed by atoms with E-state index in [0.717, 1.165) is 5.69 Å². The van der Waals surface area contributed by atoms with Gasteiger partial charge >= 0.3 is 0 Å². The lowest BCUT2D eigenvalue weighted by Crippen LogP contribution is -2.36. The fourth-order valence-corrected chi connectivity index (χ4v) is 2.60. The van der Waals surface area contributed by atoms with Crippen molar-refractivity contribution in [1.29, 1.82) is 0 Å². The van der Waals surface area contributed by atoms with Crippen molar-refractivity contribution in [1.82, 2.24) is 0 Å². The van der Waals surface area contributed by atoms with Gasteiger partial charge in [0.25, 0.3) is 0 Å². The Bertz CT molecular complexity index is 531. The summed E-state index contributed by atoms with van der Waals surface area (Å²) in [5.41, 5.74) is 6.83. The van der Waals surface area contributed by atoms with E-state index in [0.29, 0.717) is 18.8 Å². The Labute approximate surface area is 114 Å². The summed E-state index contributed by atoms with van der Waals surface area (Å²) < 4.78 is 28.0. The maximum atomic E-state index is 11.4. The molecule has 0 aliphatic carbocycles. The third kappa shape index (κ3) is 4.09. The van der Waals surface area contributed by atoms with E-state index in [1.807, 2.05) is 18.7 Å². The van der Waals surface area contributed by atoms with E-state index in [1.165, 1.54) is 12.1 Å². The number of likely N-dealkylation sites (N-methyl/N-ethyl adjacent to an activating group) is 1.